The van der Waals surface area contributed by atoms with Crippen LogP contribution in [-0.4, -0.2) is 40.1 Å². The largest absolute Gasteiger partial charge is 0.396 e. The summed E-state index contributed by atoms with van der Waals surface area (Å²) in [6.07, 6.45) is 5.17. The van der Waals surface area contributed by atoms with Crippen LogP contribution >= 0.6 is 12.2 Å². The van der Waals surface area contributed by atoms with E-state index in [2.05, 4.69) is 0 Å². The van der Waals surface area contributed by atoms with Crippen molar-refractivity contribution in [1.82, 2.24) is 4.90 Å². The zero-order valence-corrected chi connectivity index (χ0v) is 12.8. The number of thiocarbonyl (C=S) groups is 1. The lowest BCUT2D eigenvalue weighted by Gasteiger charge is -2.43. The Balaban J connectivity index is 2.91. The number of amides is 1. The van der Waals surface area contributed by atoms with Crippen LogP contribution in [0, 0.1) is 5.41 Å². The van der Waals surface area contributed by atoms with Crippen molar-refractivity contribution in [3.63, 3.8) is 0 Å². The van der Waals surface area contributed by atoms with Gasteiger partial charge in [-0.25, -0.2) is 0 Å². The van der Waals surface area contributed by atoms with Crippen LogP contribution in [-0.2, 0) is 4.79 Å². The summed E-state index contributed by atoms with van der Waals surface area (Å²) in [4.78, 5) is 15.1. The minimum Gasteiger partial charge on any atom is -0.396 e. The molecule has 1 fully saturated rings. The fourth-order valence-corrected chi connectivity index (χ4v) is 3.05. The second-order valence-corrected chi connectivity index (χ2v) is 5.75. The summed E-state index contributed by atoms with van der Waals surface area (Å²) in [5, 5.41) is 9.01. The van der Waals surface area contributed by atoms with Gasteiger partial charge < -0.3 is 15.7 Å². The molecule has 0 unspecified atom stereocenters. The molecule has 3 N–H and O–H groups in total. The predicted octanol–water partition coefficient (Wildman–Crippen LogP) is 1.84. The quantitative estimate of drug-likeness (QED) is 0.668. The molecule has 0 atom stereocenters. The van der Waals surface area contributed by atoms with Crippen LogP contribution in [0.15, 0.2) is 0 Å². The van der Waals surface area contributed by atoms with E-state index in [1.54, 1.807) is 0 Å². The van der Waals surface area contributed by atoms with E-state index in [0.717, 1.165) is 12.8 Å². The lowest BCUT2D eigenvalue weighted by Crippen LogP contribution is -2.55. The van der Waals surface area contributed by atoms with Gasteiger partial charge in [-0.3, -0.25) is 4.79 Å². The van der Waals surface area contributed by atoms with Gasteiger partial charge in [0.15, 0.2) is 0 Å². The first-order chi connectivity index (χ1) is 9.03. The van der Waals surface area contributed by atoms with Crippen molar-refractivity contribution in [3.8, 4) is 0 Å². The predicted molar refractivity (Wildman–Crippen MR) is 80.9 cm³/mol. The van der Waals surface area contributed by atoms with E-state index in [4.69, 9.17) is 23.1 Å². The molecule has 0 aliphatic heterocycles. The van der Waals surface area contributed by atoms with E-state index in [1.807, 2.05) is 18.7 Å². The molecular weight excluding hydrogens is 260 g/mol. The number of aliphatic hydroxyl groups is 1. The van der Waals surface area contributed by atoms with Gasteiger partial charge in [-0.1, -0.05) is 26.1 Å². The van der Waals surface area contributed by atoms with Gasteiger partial charge in [-0.05, 0) is 38.5 Å². The van der Waals surface area contributed by atoms with Crippen LogP contribution in [0.2, 0.25) is 0 Å². The average Bonchev–Trinajstić information content (AvgIpc) is 2.33. The molecule has 4 nitrogen and oxygen atoms in total. The summed E-state index contributed by atoms with van der Waals surface area (Å²) >= 11 is 5.16. The number of carbonyl (C=O) groups is 1. The smallest absolute Gasteiger partial charge is 0.235 e. The Kier molecular flexibility index (Phi) is 6.20. The Labute approximate surface area is 121 Å². The lowest BCUT2D eigenvalue weighted by atomic mass is 9.79. The molecule has 110 valence electrons. The summed E-state index contributed by atoms with van der Waals surface area (Å²) in [7, 11) is 0. The highest BCUT2D eigenvalue weighted by Gasteiger charge is 2.43. The second kappa shape index (κ2) is 7.20. The van der Waals surface area contributed by atoms with Gasteiger partial charge in [-0.15, -0.1) is 0 Å². The van der Waals surface area contributed by atoms with Crippen LogP contribution in [0.1, 0.15) is 52.4 Å². The monoisotopic (exact) mass is 286 g/mol. The van der Waals surface area contributed by atoms with E-state index in [-0.39, 0.29) is 12.5 Å². The Morgan fingerprint density at radius 3 is 2.32 bits per heavy atom. The molecule has 1 saturated carbocycles. The van der Waals surface area contributed by atoms with Crippen molar-refractivity contribution in [1.29, 1.82) is 0 Å². The van der Waals surface area contributed by atoms with Gasteiger partial charge in [0.2, 0.25) is 5.91 Å². The zero-order chi connectivity index (χ0) is 14.5. The standard InChI is InChI=1S/C14H26N2O2S/c1-3-14(4-2,12(15)19)13(18)16(9-6-10-17)11-7-5-8-11/h11,17H,3-10H2,1-2H3,(H2,15,19). The van der Waals surface area contributed by atoms with Gasteiger partial charge >= 0.3 is 0 Å². The highest BCUT2D eigenvalue weighted by atomic mass is 32.1. The van der Waals surface area contributed by atoms with Crippen molar-refractivity contribution in [2.24, 2.45) is 11.1 Å². The number of carbonyl (C=O) groups excluding carboxylic acids is 1. The summed E-state index contributed by atoms with van der Waals surface area (Å²) in [5.74, 6) is 0.0585. The fourth-order valence-electron chi connectivity index (χ4n) is 2.67. The Hall–Kier alpha value is -0.680. The third kappa shape index (κ3) is 3.26. The van der Waals surface area contributed by atoms with Crippen LogP contribution < -0.4 is 5.73 Å². The van der Waals surface area contributed by atoms with Crippen molar-refractivity contribution in [2.45, 2.75) is 58.4 Å². The van der Waals surface area contributed by atoms with Gasteiger partial charge in [0.05, 0.1) is 10.4 Å². The first-order valence-electron chi connectivity index (χ1n) is 7.25. The molecule has 0 heterocycles. The van der Waals surface area contributed by atoms with E-state index in [0.29, 0.717) is 36.8 Å². The molecular formula is C14H26N2O2S. The normalized spacial score (nSPS) is 15.9. The molecule has 1 aliphatic carbocycles. The Morgan fingerprint density at radius 1 is 1.42 bits per heavy atom. The molecule has 0 aromatic rings. The van der Waals surface area contributed by atoms with E-state index in [1.165, 1.54) is 6.42 Å². The number of nitrogens with two attached hydrogens (primary N) is 1. The maximum absolute atomic E-state index is 12.9. The Morgan fingerprint density at radius 2 is 2.00 bits per heavy atom. The molecule has 1 rings (SSSR count). The molecule has 1 amide bonds. The number of nitrogens with zero attached hydrogens (tertiary/aromatic N) is 1. The molecule has 0 aromatic carbocycles. The van der Waals surface area contributed by atoms with Crippen molar-refractivity contribution < 1.29 is 9.90 Å². The first kappa shape index (κ1) is 16.4. The highest BCUT2D eigenvalue weighted by molar-refractivity contribution is 7.80. The third-order valence-electron chi connectivity index (χ3n) is 4.42. The minimum absolute atomic E-state index is 0.0585. The molecule has 0 radical (unpaired) electrons. The SMILES string of the molecule is CCC(CC)(C(=O)N(CCCO)C1CCC1)C(N)=S. The van der Waals surface area contributed by atoms with Crippen LogP contribution in [0.25, 0.3) is 0 Å². The molecule has 0 spiro atoms. The molecule has 0 saturated heterocycles. The molecule has 0 bridgehead atoms. The topological polar surface area (TPSA) is 66.6 Å². The number of hydrogen-bond acceptors (Lipinski definition) is 3. The second-order valence-electron chi connectivity index (χ2n) is 5.31. The summed E-state index contributed by atoms with van der Waals surface area (Å²) < 4.78 is 0. The number of hydrogen-bond donors (Lipinski definition) is 2. The molecule has 19 heavy (non-hydrogen) atoms. The zero-order valence-electron chi connectivity index (χ0n) is 12.0. The van der Waals surface area contributed by atoms with Crippen molar-refractivity contribution >= 4 is 23.1 Å². The molecule has 0 aromatic heterocycles. The molecule has 5 heteroatoms. The van der Waals surface area contributed by atoms with Gasteiger partial charge in [0.1, 0.15) is 0 Å². The number of aliphatic hydroxyl groups excluding tert-OH is 1. The van der Waals surface area contributed by atoms with E-state index in [9.17, 15) is 4.79 Å². The van der Waals surface area contributed by atoms with Crippen LogP contribution in [0.3, 0.4) is 0 Å². The van der Waals surface area contributed by atoms with Crippen LogP contribution in [0.4, 0.5) is 0 Å². The third-order valence-corrected chi connectivity index (χ3v) is 4.81. The lowest BCUT2D eigenvalue weighted by molar-refractivity contribution is -0.143. The van der Waals surface area contributed by atoms with E-state index < -0.39 is 5.41 Å². The fraction of sp³-hybridized carbons (Fsp3) is 0.857. The van der Waals surface area contributed by atoms with Crippen LogP contribution in [0.5, 0.6) is 0 Å². The maximum atomic E-state index is 12.9. The van der Waals surface area contributed by atoms with Gasteiger partial charge in [-0.2, -0.15) is 0 Å². The Bertz CT molecular complexity index is 325. The van der Waals surface area contributed by atoms with Gasteiger partial charge in [0.25, 0.3) is 0 Å². The van der Waals surface area contributed by atoms with Crippen molar-refractivity contribution in [3.05, 3.63) is 0 Å². The summed E-state index contributed by atoms with van der Waals surface area (Å²) in [6, 6.07) is 0.311. The highest BCUT2D eigenvalue weighted by Crippen LogP contribution is 2.34. The maximum Gasteiger partial charge on any atom is 0.235 e. The van der Waals surface area contributed by atoms with Gasteiger partial charge in [0, 0.05) is 19.2 Å². The average molecular weight is 286 g/mol. The summed E-state index contributed by atoms with van der Waals surface area (Å²) in [6.45, 7) is 4.64. The summed E-state index contributed by atoms with van der Waals surface area (Å²) in [5.41, 5.74) is 5.15. The first-order valence-corrected chi connectivity index (χ1v) is 7.66. The van der Waals surface area contributed by atoms with Crippen molar-refractivity contribution in [2.75, 3.05) is 13.2 Å². The minimum atomic E-state index is -0.708. The molecule has 1 aliphatic rings. The number of rotatable bonds is 8. The van der Waals surface area contributed by atoms with E-state index >= 15 is 0 Å².